The number of nitrogens with two attached hydrogens (primary N) is 1. The van der Waals surface area contributed by atoms with E-state index < -0.39 is 23.5 Å². The fourth-order valence-corrected chi connectivity index (χ4v) is 2.71. The summed E-state index contributed by atoms with van der Waals surface area (Å²) < 4.78 is 41.8. The lowest BCUT2D eigenvalue weighted by Gasteiger charge is -2.19. The van der Waals surface area contributed by atoms with Gasteiger partial charge in [-0.25, -0.2) is 13.2 Å². The maximum absolute atomic E-state index is 14.0. The standard InChI is InChI=1S/C14H11BrClF3N2/c15-8-4-5-10(17)7(14(8)19)6-12(21-20)13-9(16)2-1-3-11(13)18/h1-5,12,21H,6,20H2. The van der Waals surface area contributed by atoms with Gasteiger partial charge in [0.15, 0.2) is 0 Å². The molecule has 3 N–H and O–H groups in total. The van der Waals surface area contributed by atoms with Crippen LogP contribution < -0.4 is 11.3 Å². The molecule has 2 rings (SSSR count). The summed E-state index contributed by atoms with van der Waals surface area (Å²) in [6.07, 6.45) is -0.186. The highest BCUT2D eigenvalue weighted by atomic mass is 79.9. The van der Waals surface area contributed by atoms with Crippen molar-refractivity contribution in [2.45, 2.75) is 12.5 Å². The van der Waals surface area contributed by atoms with Crippen LogP contribution in [-0.4, -0.2) is 0 Å². The maximum Gasteiger partial charge on any atom is 0.143 e. The summed E-state index contributed by atoms with van der Waals surface area (Å²) in [5.41, 5.74) is 2.22. The van der Waals surface area contributed by atoms with Gasteiger partial charge in [0, 0.05) is 16.1 Å². The van der Waals surface area contributed by atoms with Crippen molar-refractivity contribution >= 4 is 27.5 Å². The molecule has 2 aromatic rings. The van der Waals surface area contributed by atoms with Crippen molar-refractivity contribution in [2.24, 2.45) is 5.84 Å². The van der Waals surface area contributed by atoms with E-state index in [0.29, 0.717) is 0 Å². The molecular weight excluding hydrogens is 369 g/mol. The summed E-state index contributed by atoms with van der Waals surface area (Å²) in [6, 6.07) is 5.65. The third-order valence-corrected chi connectivity index (χ3v) is 4.04. The van der Waals surface area contributed by atoms with Crippen molar-refractivity contribution in [2.75, 3.05) is 0 Å². The molecule has 0 bridgehead atoms. The van der Waals surface area contributed by atoms with Crippen LogP contribution in [-0.2, 0) is 6.42 Å². The molecule has 0 aliphatic heterocycles. The predicted molar refractivity (Wildman–Crippen MR) is 79.2 cm³/mol. The Morgan fingerprint density at radius 3 is 2.48 bits per heavy atom. The van der Waals surface area contributed by atoms with Gasteiger partial charge in [-0.1, -0.05) is 17.7 Å². The Bertz CT molecular complexity index is 647. The van der Waals surface area contributed by atoms with Crippen molar-refractivity contribution in [3.8, 4) is 0 Å². The third-order valence-electron chi connectivity index (χ3n) is 3.10. The van der Waals surface area contributed by atoms with Crippen LogP contribution in [0.1, 0.15) is 17.2 Å². The average molecular weight is 380 g/mol. The molecule has 0 fully saturated rings. The van der Waals surface area contributed by atoms with E-state index in [1.165, 1.54) is 24.3 Å². The SMILES string of the molecule is NNC(Cc1c(F)ccc(Br)c1F)c1c(F)cccc1Cl. The number of hydrazine groups is 1. The number of halogens is 5. The second kappa shape index (κ2) is 6.79. The number of benzene rings is 2. The van der Waals surface area contributed by atoms with E-state index in [-0.39, 0.29) is 27.0 Å². The zero-order chi connectivity index (χ0) is 15.6. The predicted octanol–water partition coefficient (Wildman–Crippen LogP) is 4.27. The minimum atomic E-state index is -0.864. The molecule has 0 radical (unpaired) electrons. The van der Waals surface area contributed by atoms with Gasteiger partial charge in [0.2, 0.25) is 0 Å². The number of nitrogens with one attached hydrogen (secondary N) is 1. The van der Waals surface area contributed by atoms with Crippen LogP contribution in [0.4, 0.5) is 13.2 Å². The van der Waals surface area contributed by atoms with Crippen LogP contribution >= 0.6 is 27.5 Å². The van der Waals surface area contributed by atoms with Gasteiger partial charge < -0.3 is 0 Å². The molecule has 2 nitrogen and oxygen atoms in total. The fourth-order valence-electron chi connectivity index (χ4n) is 2.05. The van der Waals surface area contributed by atoms with Gasteiger partial charge in [-0.05, 0) is 46.6 Å². The molecule has 0 aromatic heterocycles. The van der Waals surface area contributed by atoms with Gasteiger partial charge in [0.25, 0.3) is 0 Å². The van der Waals surface area contributed by atoms with Crippen LogP contribution in [0.3, 0.4) is 0 Å². The first-order valence-electron chi connectivity index (χ1n) is 5.98. The van der Waals surface area contributed by atoms with Crippen molar-refractivity contribution in [3.05, 3.63) is 68.4 Å². The van der Waals surface area contributed by atoms with E-state index in [0.717, 1.165) is 6.07 Å². The molecule has 0 aliphatic carbocycles. The lowest BCUT2D eigenvalue weighted by molar-refractivity contribution is 0.479. The van der Waals surface area contributed by atoms with Gasteiger partial charge >= 0.3 is 0 Å². The van der Waals surface area contributed by atoms with Crippen molar-refractivity contribution in [1.82, 2.24) is 5.43 Å². The van der Waals surface area contributed by atoms with Crippen LogP contribution in [0.25, 0.3) is 0 Å². The average Bonchev–Trinajstić information content (AvgIpc) is 2.45. The molecule has 1 unspecified atom stereocenters. The molecule has 0 heterocycles. The zero-order valence-corrected chi connectivity index (χ0v) is 13.0. The van der Waals surface area contributed by atoms with E-state index in [1.807, 2.05) is 0 Å². The minimum absolute atomic E-state index is 0.0699. The normalized spacial score (nSPS) is 12.5. The summed E-state index contributed by atoms with van der Waals surface area (Å²) >= 11 is 8.93. The molecule has 0 saturated carbocycles. The zero-order valence-electron chi connectivity index (χ0n) is 10.6. The van der Waals surface area contributed by atoms with Gasteiger partial charge in [0.1, 0.15) is 17.5 Å². The van der Waals surface area contributed by atoms with E-state index in [9.17, 15) is 13.2 Å². The lowest BCUT2D eigenvalue weighted by Crippen LogP contribution is -2.31. The van der Waals surface area contributed by atoms with Crippen LogP contribution in [0, 0.1) is 17.5 Å². The third kappa shape index (κ3) is 3.40. The molecule has 1 atom stereocenters. The van der Waals surface area contributed by atoms with Crippen molar-refractivity contribution < 1.29 is 13.2 Å². The largest absolute Gasteiger partial charge is 0.271 e. The molecule has 112 valence electrons. The second-order valence-corrected chi connectivity index (χ2v) is 5.64. The molecule has 0 spiro atoms. The summed E-state index contributed by atoms with van der Waals surface area (Å²) in [7, 11) is 0. The Morgan fingerprint density at radius 1 is 1.14 bits per heavy atom. The number of rotatable bonds is 4. The Labute approximate surface area is 133 Å². The Kier molecular flexibility index (Phi) is 5.27. The molecule has 0 amide bonds. The Balaban J connectivity index is 2.43. The first-order chi connectivity index (χ1) is 9.95. The van der Waals surface area contributed by atoms with Gasteiger partial charge in [0.05, 0.1) is 10.5 Å². The quantitative estimate of drug-likeness (QED) is 0.473. The van der Waals surface area contributed by atoms with E-state index in [4.69, 9.17) is 17.4 Å². The molecule has 0 saturated heterocycles. The van der Waals surface area contributed by atoms with Gasteiger partial charge in [-0.2, -0.15) is 0 Å². The smallest absolute Gasteiger partial charge is 0.143 e. The van der Waals surface area contributed by atoms with E-state index in [2.05, 4.69) is 21.4 Å². The van der Waals surface area contributed by atoms with E-state index in [1.54, 1.807) is 0 Å². The van der Waals surface area contributed by atoms with Crippen LogP contribution in [0.15, 0.2) is 34.8 Å². The van der Waals surface area contributed by atoms with Gasteiger partial charge in [-0.15, -0.1) is 0 Å². The highest BCUT2D eigenvalue weighted by molar-refractivity contribution is 9.10. The monoisotopic (exact) mass is 378 g/mol. The fraction of sp³-hybridized carbons (Fsp3) is 0.143. The highest BCUT2D eigenvalue weighted by Crippen LogP contribution is 2.30. The number of hydrogen-bond acceptors (Lipinski definition) is 2. The maximum atomic E-state index is 14.0. The first-order valence-corrected chi connectivity index (χ1v) is 7.15. The molecule has 2 aromatic carbocycles. The number of hydrogen-bond donors (Lipinski definition) is 2. The van der Waals surface area contributed by atoms with Crippen molar-refractivity contribution in [3.63, 3.8) is 0 Å². The summed E-state index contributed by atoms with van der Waals surface area (Å²) in [6.45, 7) is 0. The summed E-state index contributed by atoms with van der Waals surface area (Å²) in [4.78, 5) is 0. The highest BCUT2D eigenvalue weighted by Gasteiger charge is 2.22. The molecule has 21 heavy (non-hydrogen) atoms. The first kappa shape index (κ1) is 16.3. The minimum Gasteiger partial charge on any atom is -0.271 e. The summed E-state index contributed by atoms with van der Waals surface area (Å²) in [5, 5.41) is 0.133. The Morgan fingerprint density at radius 2 is 1.86 bits per heavy atom. The lowest BCUT2D eigenvalue weighted by atomic mass is 9.98. The van der Waals surface area contributed by atoms with Gasteiger partial charge in [-0.3, -0.25) is 11.3 Å². The Hall–Kier alpha value is -1.08. The van der Waals surface area contributed by atoms with Crippen LogP contribution in [0.2, 0.25) is 5.02 Å². The topological polar surface area (TPSA) is 38.0 Å². The molecule has 0 aliphatic rings. The molecule has 7 heteroatoms. The van der Waals surface area contributed by atoms with E-state index >= 15 is 0 Å². The molecular formula is C14H11BrClF3N2. The van der Waals surface area contributed by atoms with Crippen LogP contribution in [0.5, 0.6) is 0 Å². The second-order valence-electron chi connectivity index (χ2n) is 4.38. The summed E-state index contributed by atoms with van der Waals surface area (Å²) in [5.74, 6) is 3.32. The van der Waals surface area contributed by atoms with Crippen molar-refractivity contribution in [1.29, 1.82) is 0 Å².